The Hall–Kier alpha value is -2.68. The van der Waals surface area contributed by atoms with Crippen molar-refractivity contribution < 1.29 is 4.74 Å². The molecule has 1 aromatic heterocycles. The fraction of sp³-hybridized carbons (Fsp3) is 0.385. The number of ether oxygens (including phenoxy) is 1. The third-order valence-electron chi connectivity index (χ3n) is 5.13. The molecule has 0 spiro atoms. The fourth-order valence-electron chi connectivity index (χ4n) is 3.26. The van der Waals surface area contributed by atoms with Gasteiger partial charge >= 0.3 is 0 Å². The summed E-state index contributed by atoms with van der Waals surface area (Å²) in [6.45, 7) is 5.02. The Morgan fingerprint density at radius 3 is 1.93 bits per heavy atom. The highest BCUT2D eigenvalue weighted by Crippen LogP contribution is 2.20. The number of unbranched alkanes of at least 4 members (excludes halogenated alkanes) is 3. The Bertz CT molecular complexity index is 839. The fourth-order valence-corrected chi connectivity index (χ4v) is 3.26. The maximum absolute atomic E-state index is 5.94. The molecule has 0 radical (unpaired) electrons. The molecule has 0 aliphatic heterocycles. The maximum Gasteiger partial charge on any atom is 0.159 e. The quantitative estimate of drug-likeness (QED) is 0.339. The van der Waals surface area contributed by atoms with Gasteiger partial charge in [0.25, 0.3) is 0 Å². The van der Waals surface area contributed by atoms with E-state index in [0.29, 0.717) is 6.61 Å². The molecule has 3 heteroatoms. The van der Waals surface area contributed by atoms with Crippen LogP contribution in [0.15, 0.2) is 60.9 Å². The van der Waals surface area contributed by atoms with Gasteiger partial charge in [-0.25, -0.2) is 9.97 Å². The SMILES string of the molecule is CCCCCc1ccc(COc2ccc(-c3ncc(CCCC)cn3)cc2)cc1. The second-order valence-electron chi connectivity index (χ2n) is 7.61. The smallest absolute Gasteiger partial charge is 0.159 e. The normalized spacial score (nSPS) is 10.8. The highest BCUT2D eigenvalue weighted by Gasteiger charge is 2.03. The van der Waals surface area contributed by atoms with Crippen LogP contribution in [0.2, 0.25) is 0 Å². The van der Waals surface area contributed by atoms with Crippen LogP contribution in [0.5, 0.6) is 5.75 Å². The molecule has 0 saturated carbocycles. The van der Waals surface area contributed by atoms with E-state index in [1.165, 1.54) is 48.8 Å². The molecule has 0 aliphatic rings. The van der Waals surface area contributed by atoms with Crippen molar-refractivity contribution in [2.45, 2.75) is 65.4 Å². The number of nitrogens with zero attached hydrogens (tertiary/aromatic N) is 2. The summed E-state index contributed by atoms with van der Waals surface area (Å²) in [4.78, 5) is 9.02. The number of aromatic nitrogens is 2. The van der Waals surface area contributed by atoms with Gasteiger partial charge in [0.05, 0.1) is 0 Å². The molecule has 152 valence electrons. The number of rotatable bonds is 11. The molecular weight excluding hydrogens is 356 g/mol. The van der Waals surface area contributed by atoms with E-state index < -0.39 is 0 Å². The van der Waals surface area contributed by atoms with Crippen LogP contribution >= 0.6 is 0 Å². The third-order valence-corrected chi connectivity index (χ3v) is 5.13. The molecule has 3 rings (SSSR count). The van der Waals surface area contributed by atoms with Gasteiger partial charge in [-0.2, -0.15) is 0 Å². The number of hydrogen-bond donors (Lipinski definition) is 0. The van der Waals surface area contributed by atoms with E-state index in [1.54, 1.807) is 0 Å². The van der Waals surface area contributed by atoms with Gasteiger partial charge in [0, 0.05) is 18.0 Å². The summed E-state index contributed by atoms with van der Waals surface area (Å²) >= 11 is 0. The van der Waals surface area contributed by atoms with Gasteiger partial charge in [0.15, 0.2) is 5.82 Å². The van der Waals surface area contributed by atoms with Crippen LogP contribution in [0.4, 0.5) is 0 Å². The van der Waals surface area contributed by atoms with Crippen molar-refractivity contribution in [2.24, 2.45) is 0 Å². The summed E-state index contributed by atoms with van der Waals surface area (Å²) in [6, 6.07) is 16.8. The van der Waals surface area contributed by atoms with Crippen LogP contribution < -0.4 is 4.74 Å². The zero-order valence-electron chi connectivity index (χ0n) is 17.7. The molecule has 0 N–H and O–H groups in total. The van der Waals surface area contributed by atoms with Gasteiger partial charge in [0.2, 0.25) is 0 Å². The molecule has 0 fully saturated rings. The molecule has 0 saturated heterocycles. The standard InChI is InChI=1S/C26H32N2O/c1-3-5-7-9-21-10-12-22(13-11-21)20-29-25-16-14-24(15-17-25)26-27-18-23(19-28-26)8-6-4-2/h10-19H,3-9,20H2,1-2H3. The minimum absolute atomic E-state index is 0.581. The van der Waals surface area contributed by atoms with E-state index in [0.717, 1.165) is 30.0 Å². The van der Waals surface area contributed by atoms with E-state index in [2.05, 4.69) is 48.1 Å². The molecule has 0 aliphatic carbocycles. The van der Waals surface area contributed by atoms with Gasteiger partial charge in [0.1, 0.15) is 12.4 Å². The van der Waals surface area contributed by atoms with Crippen molar-refractivity contribution >= 4 is 0 Å². The van der Waals surface area contributed by atoms with Crippen molar-refractivity contribution in [3.63, 3.8) is 0 Å². The summed E-state index contributed by atoms with van der Waals surface area (Å²) in [6.07, 6.45) is 12.3. The van der Waals surface area contributed by atoms with Gasteiger partial charge in [-0.15, -0.1) is 0 Å². The lowest BCUT2D eigenvalue weighted by Crippen LogP contribution is -1.96. The second-order valence-corrected chi connectivity index (χ2v) is 7.61. The second kappa shape index (κ2) is 11.4. The minimum Gasteiger partial charge on any atom is -0.489 e. The number of benzene rings is 2. The van der Waals surface area contributed by atoms with Crippen molar-refractivity contribution in [2.75, 3.05) is 0 Å². The summed E-state index contributed by atoms with van der Waals surface area (Å²) in [5.74, 6) is 1.62. The molecule has 29 heavy (non-hydrogen) atoms. The average molecular weight is 389 g/mol. The highest BCUT2D eigenvalue weighted by molar-refractivity contribution is 5.55. The molecule has 0 bridgehead atoms. The Morgan fingerprint density at radius 1 is 0.655 bits per heavy atom. The van der Waals surface area contributed by atoms with Gasteiger partial charge in [-0.1, -0.05) is 57.4 Å². The Morgan fingerprint density at radius 2 is 1.28 bits per heavy atom. The molecular formula is C26H32N2O. The van der Waals surface area contributed by atoms with E-state index in [1.807, 2.05) is 36.7 Å². The first kappa shape index (κ1) is 21.0. The van der Waals surface area contributed by atoms with Crippen molar-refractivity contribution in [1.82, 2.24) is 9.97 Å². The van der Waals surface area contributed by atoms with Crippen molar-refractivity contribution in [3.8, 4) is 17.1 Å². The lowest BCUT2D eigenvalue weighted by atomic mass is 10.1. The molecule has 3 nitrogen and oxygen atoms in total. The molecule has 0 unspecified atom stereocenters. The topological polar surface area (TPSA) is 35.0 Å². The maximum atomic E-state index is 5.94. The van der Waals surface area contributed by atoms with Gasteiger partial charge in [-0.05, 0) is 66.6 Å². The van der Waals surface area contributed by atoms with Crippen LogP contribution in [-0.4, -0.2) is 9.97 Å². The molecule has 2 aromatic carbocycles. The lowest BCUT2D eigenvalue weighted by Gasteiger charge is -2.08. The molecule has 3 aromatic rings. The summed E-state index contributed by atoms with van der Waals surface area (Å²) < 4.78 is 5.94. The minimum atomic E-state index is 0.581. The summed E-state index contributed by atoms with van der Waals surface area (Å²) in [7, 11) is 0. The summed E-state index contributed by atoms with van der Waals surface area (Å²) in [5.41, 5.74) is 4.81. The molecule has 1 heterocycles. The average Bonchev–Trinajstić information content (AvgIpc) is 2.78. The van der Waals surface area contributed by atoms with E-state index in [4.69, 9.17) is 4.74 Å². The van der Waals surface area contributed by atoms with E-state index in [9.17, 15) is 0 Å². The van der Waals surface area contributed by atoms with Crippen molar-refractivity contribution in [3.05, 3.63) is 77.6 Å². The zero-order chi connectivity index (χ0) is 20.3. The third kappa shape index (κ3) is 6.70. The summed E-state index contributed by atoms with van der Waals surface area (Å²) in [5, 5.41) is 0. The van der Waals surface area contributed by atoms with Crippen LogP contribution in [0.3, 0.4) is 0 Å². The number of hydrogen-bond acceptors (Lipinski definition) is 3. The predicted octanol–water partition coefficient (Wildman–Crippen LogP) is 6.80. The van der Waals surface area contributed by atoms with Crippen LogP contribution in [0.25, 0.3) is 11.4 Å². The zero-order valence-corrected chi connectivity index (χ0v) is 17.7. The largest absolute Gasteiger partial charge is 0.489 e. The van der Waals surface area contributed by atoms with Crippen molar-refractivity contribution in [1.29, 1.82) is 0 Å². The first-order chi connectivity index (χ1) is 14.3. The first-order valence-corrected chi connectivity index (χ1v) is 10.9. The Balaban J connectivity index is 1.51. The number of aryl methyl sites for hydroxylation is 2. The monoisotopic (exact) mass is 388 g/mol. The highest BCUT2D eigenvalue weighted by atomic mass is 16.5. The van der Waals surface area contributed by atoms with E-state index >= 15 is 0 Å². The predicted molar refractivity (Wildman–Crippen MR) is 120 cm³/mol. The molecule has 0 atom stereocenters. The van der Waals surface area contributed by atoms with Crippen LogP contribution in [0.1, 0.15) is 62.6 Å². The lowest BCUT2D eigenvalue weighted by molar-refractivity contribution is 0.306. The Labute approximate surface area is 175 Å². The van der Waals surface area contributed by atoms with Crippen LogP contribution in [-0.2, 0) is 19.4 Å². The van der Waals surface area contributed by atoms with Crippen LogP contribution in [0, 0.1) is 0 Å². The van der Waals surface area contributed by atoms with Gasteiger partial charge in [-0.3, -0.25) is 0 Å². The Kier molecular flexibility index (Phi) is 8.24. The van der Waals surface area contributed by atoms with E-state index in [-0.39, 0.29) is 0 Å². The molecule has 0 amide bonds. The first-order valence-electron chi connectivity index (χ1n) is 10.9. The van der Waals surface area contributed by atoms with Gasteiger partial charge < -0.3 is 4.74 Å².